The minimum atomic E-state index is -0.411. The summed E-state index contributed by atoms with van der Waals surface area (Å²) in [5.41, 5.74) is 2.20. The highest BCUT2D eigenvalue weighted by atomic mass is 35.5. The van der Waals surface area contributed by atoms with Gasteiger partial charge in [-0.05, 0) is 43.0 Å². The van der Waals surface area contributed by atoms with Crippen LogP contribution in [0.5, 0.6) is 0 Å². The van der Waals surface area contributed by atoms with Crippen molar-refractivity contribution in [2.24, 2.45) is 5.41 Å². The lowest BCUT2D eigenvalue weighted by molar-refractivity contribution is -0.128. The summed E-state index contributed by atoms with van der Waals surface area (Å²) in [6, 6.07) is 15.0. The number of para-hydroxylation sites is 1. The molecule has 0 unspecified atom stereocenters. The van der Waals surface area contributed by atoms with E-state index in [0.717, 1.165) is 12.1 Å². The number of likely N-dealkylation sites (tertiary alicyclic amines) is 1. The van der Waals surface area contributed by atoms with E-state index in [1.165, 1.54) is 5.56 Å². The Morgan fingerprint density at radius 3 is 2.48 bits per heavy atom. The van der Waals surface area contributed by atoms with Crippen LogP contribution in [0.15, 0.2) is 48.5 Å². The molecule has 1 N–H and O–H groups in total. The third-order valence-electron chi connectivity index (χ3n) is 5.39. The topological polar surface area (TPSA) is 49.4 Å². The van der Waals surface area contributed by atoms with Crippen molar-refractivity contribution in [3.05, 3.63) is 64.7 Å². The third kappa shape index (κ3) is 2.81. The van der Waals surface area contributed by atoms with Gasteiger partial charge in [0.05, 0.1) is 16.0 Å². The summed E-state index contributed by atoms with van der Waals surface area (Å²) in [6.07, 6.45) is 2.08. The molecule has 0 bridgehead atoms. The van der Waals surface area contributed by atoms with Crippen LogP contribution >= 0.6 is 11.6 Å². The number of nitrogens with zero attached hydrogens (tertiary/aromatic N) is 1. The van der Waals surface area contributed by atoms with Gasteiger partial charge < -0.3 is 10.2 Å². The third-order valence-corrected chi connectivity index (χ3v) is 5.72. The van der Waals surface area contributed by atoms with Gasteiger partial charge in [0, 0.05) is 18.8 Å². The number of carbonyl (C=O) groups excluding carboxylic acids is 2. The highest BCUT2D eigenvalue weighted by Crippen LogP contribution is 2.41. The molecule has 0 atom stereocenters. The monoisotopic (exact) mass is 354 g/mol. The second kappa shape index (κ2) is 6.19. The van der Waals surface area contributed by atoms with Crippen LogP contribution in [0.3, 0.4) is 0 Å². The second-order valence-electron chi connectivity index (χ2n) is 6.84. The SMILES string of the molecule is O=C(c1ccccc1Cl)N1CCC2(CC1)Cc1ccccc1NC2=O. The minimum absolute atomic E-state index is 0.0583. The molecule has 2 amide bonds. The predicted molar refractivity (Wildman–Crippen MR) is 97.8 cm³/mol. The Morgan fingerprint density at radius 1 is 1.04 bits per heavy atom. The standard InChI is InChI=1S/C20H19ClN2O2/c21-16-7-3-2-6-15(16)18(24)23-11-9-20(10-12-23)13-14-5-1-4-8-17(14)22-19(20)25/h1-8H,9-13H2,(H,22,25). The molecule has 25 heavy (non-hydrogen) atoms. The minimum Gasteiger partial charge on any atom is -0.339 e. The van der Waals surface area contributed by atoms with E-state index in [1.54, 1.807) is 17.0 Å². The van der Waals surface area contributed by atoms with Gasteiger partial charge in [0.15, 0.2) is 0 Å². The number of carbonyl (C=O) groups is 2. The Bertz CT molecular complexity index is 841. The molecule has 0 saturated carbocycles. The Balaban J connectivity index is 1.51. The first kappa shape index (κ1) is 16.2. The largest absolute Gasteiger partial charge is 0.339 e. The molecular weight excluding hydrogens is 336 g/mol. The number of hydrogen-bond acceptors (Lipinski definition) is 2. The average Bonchev–Trinajstić information content (AvgIpc) is 2.63. The summed E-state index contributed by atoms with van der Waals surface area (Å²) in [4.78, 5) is 27.2. The number of fused-ring (bicyclic) bond motifs is 1. The van der Waals surface area contributed by atoms with Crippen LogP contribution in [0.25, 0.3) is 0 Å². The Morgan fingerprint density at radius 2 is 1.72 bits per heavy atom. The van der Waals surface area contributed by atoms with Crippen molar-refractivity contribution in [2.75, 3.05) is 18.4 Å². The molecule has 2 aliphatic rings. The molecule has 4 nitrogen and oxygen atoms in total. The van der Waals surface area contributed by atoms with E-state index in [2.05, 4.69) is 11.4 Å². The van der Waals surface area contributed by atoms with Crippen molar-refractivity contribution in [2.45, 2.75) is 19.3 Å². The van der Waals surface area contributed by atoms with E-state index in [0.29, 0.717) is 36.5 Å². The lowest BCUT2D eigenvalue weighted by atomic mass is 9.71. The van der Waals surface area contributed by atoms with Gasteiger partial charge in [-0.3, -0.25) is 9.59 Å². The lowest BCUT2D eigenvalue weighted by Gasteiger charge is -2.43. The van der Waals surface area contributed by atoms with E-state index < -0.39 is 5.41 Å². The first-order chi connectivity index (χ1) is 12.1. The number of rotatable bonds is 1. The molecule has 128 valence electrons. The molecule has 2 heterocycles. The zero-order valence-electron chi connectivity index (χ0n) is 13.8. The van der Waals surface area contributed by atoms with E-state index >= 15 is 0 Å². The summed E-state index contributed by atoms with van der Waals surface area (Å²) in [6.45, 7) is 1.14. The number of amides is 2. The predicted octanol–water partition coefficient (Wildman–Crippen LogP) is 3.76. The Labute approximate surface area is 151 Å². The lowest BCUT2D eigenvalue weighted by Crippen LogP contribution is -2.51. The summed E-state index contributed by atoms with van der Waals surface area (Å²) < 4.78 is 0. The molecule has 2 aromatic rings. The number of piperidine rings is 1. The van der Waals surface area contributed by atoms with E-state index in [9.17, 15) is 9.59 Å². The van der Waals surface area contributed by atoms with Crippen LogP contribution in [0, 0.1) is 5.41 Å². The molecule has 1 fully saturated rings. The fourth-order valence-electron chi connectivity index (χ4n) is 3.84. The first-order valence-corrected chi connectivity index (χ1v) is 8.90. The fourth-order valence-corrected chi connectivity index (χ4v) is 4.06. The normalized spacial score (nSPS) is 18.6. The molecule has 1 spiro atoms. The molecule has 4 rings (SSSR count). The maximum Gasteiger partial charge on any atom is 0.255 e. The number of nitrogens with one attached hydrogen (secondary N) is 1. The average molecular weight is 355 g/mol. The molecule has 5 heteroatoms. The van der Waals surface area contributed by atoms with E-state index in [-0.39, 0.29) is 11.8 Å². The van der Waals surface area contributed by atoms with Crippen molar-refractivity contribution in [3.63, 3.8) is 0 Å². The van der Waals surface area contributed by atoms with Gasteiger partial charge in [0.1, 0.15) is 0 Å². The number of halogens is 1. The second-order valence-corrected chi connectivity index (χ2v) is 7.25. The van der Waals surface area contributed by atoms with Crippen LogP contribution in [0.2, 0.25) is 5.02 Å². The number of benzene rings is 2. The van der Waals surface area contributed by atoms with Crippen molar-refractivity contribution in [1.29, 1.82) is 0 Å². The van der Waals surface area contributed by atoms with Gasteiger partial charge in [-0.25, -0.2) is 0 Å². The van der Waals surface area contributed by atoms with Crippen molar-refractivity contribution < 1.29 is 9.59 Å². The van der Waals surface area contributed by atoms with Crippen LogP contribution in [-0.4, -0.2) is 29.8 Å². The maximum atomic E-state index is 12.7. The molecule has 0 aromatic heterocycles. The highest BCUT2D eigenvalue weighted by molar-refractivity contribution is 6.33. The molecule has 1 saturated heterocycles. The quantitative estimate of drug-likeness (QED) is 0.847. The number of anilines is 1. The van der Waals surface area contributed by atoms with Crippen LogP contribution < -0.4 is 5.32 Å². The zero-order chi connectivity index (χ0) is 17.4. The van der Waals surface area contributed by atoms with Gasteiger partial charge in [-0.1, -0.05) is 41.9 Å². The Hall–Kier alpha value is -2.33. The van der Waals surface area contributed by atoms with Crippen molar-refractivity contribution in [3.8, 4) is 0 Å². The summed E-state index contributed by atoms with van der Waals surface area (Å²) in [5, 5.41) is 3.51. The first-order valence-electron chi connectivity index (χ1n) is 8.52. The van der Waals surface area contributed by atoms with Gasteiger partial charge >= 0.3 is 0 Å². The molecule has 2 aromatic carbocycles. The van der Waals surface area contributed by atoms with Gasteiger partial charge in [-0.15, -0.1) is 0 Å². The van der Waals surface area contributed by atoms with Gasteiger partial charge in [0.25, 0.3) is 5.91 Å². The van der Waals surface area contributed by atoms with Crippen molar-refractivity contribution >= 4 is 29.1 Å². The maximum absolute atomic E-state index is 12.7. The summed E-state index contributed by atoms with van der Waals surface area (Å²) in [5.74, 6) is 0.0214. The highest BCUT2D eigenvalue weighted by Gasteiger charge is 2.45. The fraction of sp³-hybridized carbons (Fsp3) is 0.300. The number of hydrogen-bond donors (Lipinski definition) is 1. The summed E-state index contributed by atoms with van der Waals surface area (Å²) >= 11 is 6.15. The molecule has 0 radical (unpaired) electrons. The van der Waals surface area contributed by atoms with E-state index in [4.69, 9.17) is 11.6 Å². The van der Waals surface area contributed by atoms with Crippen LogP contribution in [0.4, 0.5) is 5.69 Å². The molecular formula is C20H19ClN2O2. The van der Waals surface area contributed by atoms with Gasteiger partial charge in [0.2, 0.25) is 5.91 Å². The Kier molecular flexibility index (Phi) is 4.00. The molecule has 0 aliphatic carbocycles. The smallest absolute Gasteiger partial charge is 0.255 e. The van der Waals surface area contributed by atoms with Gasteiger partial charge in [-0.2, -0.15) is 0 Å². The van der Waals surface area contributed by atoms with E-state index in [1.807, 2.05) is 30.3 Å². The zero-order valence-corrected chi connectivity index (χ0v) is 14.6. The van der Waals surface area contributed by atoms with Crippen molar-refractivity contribution in [1.82, 2.24) is 4.90 Å². The molecule has 2 aliphatic heterocycles. The van der Waals surface area contributed by atoms with Crippen LogP contribution in [-0.2, 0) is 11.2 Å². The van der Waals surface area contributed by atoms with Crippen LogP contribution in [0.1, 0.15) is 28.8 Å². The summed E-state index contributed by atoms with van der Waals surface area (Å²) in [7, 11) is 0.